The van der Waals surface area contributed by atoms with Crippen LogP contribution < -0.4 is 5.32 Å². The lowest BCUT2D eigenvalue weighted by molar-refractivity contribution is 0.346. The Kier molecular flexibility index (Phi) is 5.42. The first-order chi connectivity index (χ1) is 6.99. The van der Waals surface area contributed by atoms with Gasteiger partial charge in [-0.3, -0.25) is 0 Å². The minimum Gasteiger partial charge on any atom is -0.312 e. The fraction of sp³-hybridized carbons (Fsp3) is 1.00. The number of nitrogens with one attached hydrogen (secondary N) is 1. The van der Waals surface area contributed by atoms with Crippen molar-refractivity contribution in [2.45, 2.75) is 70.7 Å². The smallest absolute Gasteiger partial charge is 0.0489 e. The van der Waals surface area contributed by atoms with Gasteiger partial charge in [-0.15, -0.1) is 11.6 Å². The first-order valence-electron chi connectivity index (χ1n) is 6.36. The Morgan fingerprint density at radius 2 is 1.80 bits per heavy atom. The van der Waals surface area contributed by atoms with Crippen molar-refractivity contribution in [3.63, 3.8) is 0 Å². The van der Waals surface area contributed by atoms with E-state index in [1.165, 1.54) is 38.5 Å². The number of alkyl halides is 1. The van der Waals surface area contributed by atoms with Crippen molar-refractivity contribution in [1.82, 2.24) is 5.32 Å². The van der Waals surface area contributed by atoms with Crippen LogP contribution >= 0.6 is 11.6 Å². The molecular weight excluding hydrogens is 206 g/mol. The molecule has 0 saturated heterocycles. The summed E-state index contributed by atoms with van der Waals surface area (Å²) in [5, 5.41) is 3.99. The van der Waals surface area contributed by atoms with E-state index in [-0.39, 0.29) is 0 Å². The number of hydrogen-bond donors (Lipinski definition) is 1. The molecule has 0 amide bonds. The molecule has 90 valence electrons. The van der Waals surface area contributed by atoms with Crippen LogP contribution in [0.5, 0.6) is 0 Å². The Labute approximate surface area is 100.0 Å². The van der Waals surface area contributed by atoms with Crippen molar-refractivity contribution in [3.8, 4) is 0 Å². The fourth-order valence-electron chi connectivity index (χ4n) is 2.12. The maximum absolute atomic E-state index is 6.37. The van der Waals surface area contributed by atoms with Crippen LogP contribution in [0.15, 0.2) is 0 Å². The third kappa shape index (κ3) is 5.77. The number of hydrogen-bond acceptors (Lipinski definition) is 1. The third-order valence-corrected chi connectivity index (χ3v) is 3.74. The number of rotatable bonds is 3. The minimum atomic E-state index is 0.354. The Morgan fingerprint density at radius 1 is 1.13 bits per heavy atom. The van der Waals surface area contributed by atoms with Crippen LogP contribution in [-0.4, -0.2) is 18.0 Å². The lowest BCUT2D eigenvalue weighted by Gasteiger charge is -2.24. The van der Waals surface area contributed by atoms with Gasteiger partial charge in [0.25, 0.3) is 0 Å². The van der Waals surface area contributed by atoms with Gasteiger partial charge >= 0.3 is 0 Å². The Bertz CT molecular complexity index is 174. The van der Waals surface area contributed by atoms with Crippen LogP contribution in [-0.2, 0) is 0 Å². The van der Waals surface area contributed by atoms with E-state index >= 15 is 0 Å². The maximum Gasteiger partial charge on any atom is 0.0489 e. The molecule has 0 aromatic heterocycles. The lowest BCUT2D eigenvalue weighted by atomic mass is 9.92. The monoisotopic (exact) mass is 231 g/mol. The molecule has 0 bridgehead atoms. The van der Waals surface area contributed by atoms with E-state index in [9.17, 15) is 0 Å². The molecule has 0 aromatic rings. The SMILES string of the molecule is CC(C)(C)CCNC1CCCCCC1Cl. The van der Waals surface area contributed by atoms with Crippen molar-refractivity contribution in [3.05, 3.63) is 0 Å². The van der Waals surface area contributed by atoms with Crippen molar-refractivity contribution in [2.75, 3.05) is 6.54 Å². The molecule has 0 spiro atoms. The van der Waals surface area contributed by atoms with E-state index in [2.05, 4.69) is 26.1 Å². The molecule has 0 radical (unpaired) electrons. The standard InChI is InChI=1S/C13H26ClN/c1-13(2,3)9-10-15-12-8-6-4-5-7-11(12)14/h11-12,15H,4-10H2,1-3H3. The van der Waals surface area contributed by atoms with Crippen LogP contribution in [0.3, 0.4) is 0 Å². The highest BCUT2D eigenvalue weighted by Crippen LogP contribution is 2.23. The summed E-state index contributed by atoms with van der Waals surface area (Å²) in [4.78, 5) is 0. The minimum absolute atomic E-state index is 0.354. The molecule has 1 fully saturated rings. The second-order valence-electron chi connectivity index (χ2n) is 6.03. The van der Waals surface area contributed by atoms with Gasteiger partial charge < -0.3 is 5.32 Å². The summed E-state index contributed by atoms with van der Waals surface area (Å²) in [7, 11) is 0. The molecule has 2 unspecified atom stereocenters. The van der Waals surface area contributed by atoms with Crippen molar-refractivity contribution in [1.29, 1.82) is 0 Å². The van der Waals surface area contributed by atoms with Gasteiger partial charge in [0, 0.05) is 11.4 Å². The molecule has 0 heterocycles. The summed E-state index contributed by atoms with van der Waals surface area (Å²) < 4.78 is 0. The van der Waals surface area contributed by atoms with Gasteiger partial charge in [-0.1, -0.05) is 40.0 Å². The Balaban J connectivity index is 2.23. The van der Waals surface area contributed by atoms with Crippen molar-refractivity contribution in [2.24, 2.45) is 5.41 Å². The zero-order valence-corrected chi connectivity index (χ0v) is 11.2. The van der Waals surface area contributed by atoms with Gasteiger partial charge in [-0.05, 0) is 31.2 Å². The number of halogens is 1. The second kappa shape index (κ2) is 6.10. The van der Waals surface area contributed by atoms with Crippen LogP contribution in [0.2, 0.25) is 0 Å². The van der Waals surface area contributed by atoms with Crippen LogP contribution in [0.4, 0.5) is 0 Å². The lowest BCUT2D eigenvalue weighted by Crippen LogP contribution is -2.37. The summed E-state index contributed by atoms with van der Waals surface area (Å²) in [5.74, 6) is 0. The highest BCUT2D eigenvalue weighted by atomic mass is 35.5. The molecule has 1 nitrogen and oxygen atoms in total. The Hall–Kier alpha value is 0.250. The average Bonchev–Trinajstić information content (AvgIpc) is 2.30. The van der Waals surface area contributed by atoms with Crippen LogP contribution in [0.25, 0.3) is 0 Å². The largest absolute Gasteiger partial charge is 0.312 e. The highest BCUT2D eigenvalue weighted by molar-refractivity contribution is 6.21. The predicted molar refractivity (Wildman–Crippen MR) is 68.6 cm³/mol. The Morgan fingerprint density at radius 3 is 2.47 bits per heavy atom. The molecule has 1 saturated carbocycles. The molecule has 2 heteroatoms. The summed E-state index contributed by atoms with van der Waals surface area (Å²) in [6.45, 7) is 7.98. The molecular formula is C13H26ClN. The van der Waals surface area contributed by atoms with E-state index in [1.54, 1.807) is 0 Å². The quantitative estimate of drug-likeness (QED) is 0.573. The maximum atomic E-state index is 6.37. The van der Waals surface area contributed by atoms with E-state index in [1.807, 2.05) is 0 Å². The van der Waals surface area contributed by atoms with E-state index < -0.39 is 0 Å². The zero-order valence-electron chi connectivity index (χ0n) is 10.5. The zero-order chi connectivity index (χ0) is 11.3. The van der Waals surface area contributed by atoms with Gasteiger partial charge in [0.1, 0.15) is 0 Å². The van der Waals surface area contributed by atoms with Crippen molar-refractivity contribution < 1.29 is 0 Å². The first kappa shape index (κ1) is 13.3. The van der Waals surface area contributed by atoms with E-state index in [0.29, 0.717) is 16.8 Å². The first-order valence-corrected chi connectivity index (χ1v) is 6.80. The van der Waals surface area contributed by atoms with E-state index in [4.69, 9.17) is 11.6 Å². The average molecular weight is 232 g/mol. The van der Waals surface area contributed by atoms with Crippen LogP contribution in [0, 0.1) is 5.41 Å². The molecule has 0 aromatic carbocycles. The molecule has 2 atom stereocenters. The molecule has 15 heavy (non-hydrogen) atoms. The third-order valence-electron chi connectivity index (χ3n) is 3.21. The summed E-state index contributed by atoms with van der Waals surface area (Å²) in [6.07, 6.45) is 7.70. The van der Waals surface area contributed by atoms with Gasteiger partial charge in [-0.25, -0.2) is 0 Å². The predicted octanol–water partition coefficient (Wildman–Crippen LogP) is 3.95. The molecule has 1 aliphatic carbocycles. The topological polar surface area (TPSA) is 12.0 Å². The van der Waals surface area contributed by atoms with Crippen molar-refractivity contribution >= 4 is 11.6 Å². The van der Waals surface area contributed by atoms with Gasteiger partial charge in [0.15, 0.2) is 0 Å². The second-order valence-corrected chi connectivity index (χ2v) is 6.59. The van der Waals surface area contributed by atoms with E-state index in [0.717, 1.165) is 6.54 Å². The van der Waals surface area contributed by atoms with Gasteiger partial charge in [-0.2, -0.15) is 0 Å². The van der Waals surface area contributed by atoms with Gasteiger partial charge in [0.2, 0.25) is 0 Å². The molecule has 1 N–H and O–H groups in total. The highest BCUT2D eigenvalue weighted by Gasteiger charge is 2.21. The molecule has 0 aliphatic heterocycles. The summed E-state index contributed by atoms with van der Waals surface area (Å²) >= 11 is 6.37. The molecule has 1 aliphatic rings. The summed E-state index contributed by atoms with van der Waals surface area (Å²) in [6, 6.07) is 0.552. The normalized spacial score (nSPS) is 28.8. The molecule has 1 rings (SSSR count). The summed E-state index contributed by atoms with van der Waals surface area (Å²) in [5.41, 5.74) is 0.430. The van der Waals surface area contributed by atoms with Gasteiger partial charge in [0.05, 0.1) is 0 Å². The fourth-order valence-corrected chi connectivity index (χ4v) is 2.49. The van der Waals surface area contributed by atoms with Crippen LogP contribution in [0.1, 0.15) is 59.3 Å².